The minimum absolute atomic E-state index is 0.120. The highest BCUT2D eigenvalue weighted by atomic mass is 16.6. The second-order valence-electron chi connectivity index (χ2n) is 12.1. The summed E-state index contributed by atoms with van der Waals surface area (Å²) in [6, 6.07) is 18.4. The van der Waals surface area contributed by atoms with Gasteiger partial charge in [0.15, 0.2) is 23.0 Å². The van der Waals surface area contributed by atoms with Crippen LogP contribution in [0.4, 0.5) is 4.79 Å². The first-order chi connectivity index (χ1) is 23.3. The van der Waals surface area contributed by atoms with Crippen LogP contribution in [0.2, 0.25) is 0 Å². The van der Waals surface area contributed by atoms with Crippen molar-refractivity contribution in [2.45, 2.75) is 45.6 Å². The number of carbonyl (C=O) groups is 3. The number of ether oxygens (including phenoxy) is 5. The molecule has 0 saturated heterocycles. The number of phenolic OH excluding ortho intramolecular Hbond substituents is 4. The minimum Gasteiger partial charge on any atom is -0.504 e. The lowest BCUT2D eigenvalue weighted by Gasteiger charge is -2.23. The number of esters is 2. The van der Waals surface area contributed by atoms with Gasteiger partial charge in [-0.05, 0) is 44.0 Å². The van der Waals surface area contributed by atoms with Gasteiger partial charge in [0.05, 0.1) is 11.1 Å². The van der Waals surface area contributed by atoms with Gasteiger partial charge >= 0.3 is 18.0 Å². The third kappa shape index (κ3) is 8.07. The van der Waals surface area contributed by atoms with E-state index in [1.807, 2.05) is 0 Å². The molecule has 0 saturated carbocycles. The topological polar surface area (TPSA) is 190 Å². The second-order valence-corrected chi connectivity index (χ2v) is 12.1. The average molecular weight is 674 g/mol. The van der Waals surface area contributed by atoms with Crippen molar-refractivity contribution in [2.24, 2.45) is 0 Å². The number of benzene rings is 4. The van der Waals surface area contributed by atoms with Crippen molar-refractivity contribution in [3.05, 3.63) is 95.1 Å². The van der Waals surface area contributed by atoms with Crippen molar-refractivity contribution < 1.29 is 58.5 Å². The number of nitrogens with one attached hydrogen (secondary N) is 1. The van der Waals surface area contributed by atoms with Crippen LogP contribution in [0.1, 0.15) is 52.6 Å². The number of fused-ring (bicyclic) bond motifs is 3. The zero-order chi connectivity index (χ0) is 35.3. The van der Waals surface area contributed by atoms with Crippen LogP contribution in [0.25, 0.3) is 11.1 Å². The fraction of sp³-hybridized carbons (Fsp3) is 0.250. The van der Waals surface area contributed by atoms with Crippen molar-refractivity contribution in [3.8, 4) is 45.6 Å². The summed E-state index contributed by atoms with van der Waals surface area (Å²) in [5.41, 5.74) is -1.49. The number of aromatic hydroxyl groups is 4. The van der Waals surface area contributed by atoms with E-state index in [-0.39, 0.29) is 13.2 Å². The fourth-order valence-electron chi connectivity index (χ4n) is 4.96. The Morgan fingerprint density at radius 2 is 1.14 bits per heavy atom. The Kier molecular flexibility index (Phi) is 10.0. The molecule has 1 heterocycles. The quantitative estimate of drug-likeness (QED) is 0.122. The molecular weight excluding hydrogens is 638 g/mol. The van der Waals surface area contributed by atoms with Gasteiger partial charge in [0, 0.05) is 11.1 Å². The van der Waals surface area contributed by atoms with E-state index in [0.717, 1.165) is 12.1 Å². The summed E-state index contributed by atoms with van der Waals surface area (Å²) in [5, 5.41) is 47.7. The molecule has 0 atom stereocenters. The molecule has 0 aromatic heterocycles. The highest BCUT2D eigenvalue weighted by Gasteiger charge is 2.35. The lowest BCUT2D eigenvalue weighted by molar-refractivity contribution is 0.0231. The van der Waals surface area contributed by atoms with E-state index in [4.69, 9.17) is 23.7 Å². The average Bonchev–Trinajstić information content (AvgIpc) is 3.07. The maximum absolute atomic E-state index is 13.6. The molecule has 5 N–H and O–H groups in total. The highest BCUT2D eigenvalue weighted by molar-refractivity contribution is 6.08. The van der Waals surface area contributed by atoms with Gasteiger partial charge < -0.3 is 49.4 Å². The lowest BCUT2D eigenvalue weighted by atomic mass is 9.91. The number of cyclic esters (lactones) is 2. The van der Waals surface area contributed by atoms with E-state index in [2.05, 4.69) is 5.32 Å². The summed E-state index contributed by atoms with van der Waals surface area (Å²) in [6.45, 7) is 3.63. The number of rotatable bonds is 7. The van der Waals surface area contributed by atoms with E-state index >= 15 is 0 Å². The number of amides is 1. The summed E-state index contributed by atoms with van der Waals surface area (Å²) in [5.74, 6) is -6.20. The van der Waals surface area contributed by atoms with Crippen molar-refractivity contribution in [1.29, 1.82) is 0 Å². The normalized spacial score (nSPS) is 13.5. The van der Waals surface area contributed by atoms with E-state index in [1.165, 1.54) is 0 Å². The van der Waals surface area contributed by atoms with Crippen LogP contribution < -0.4 is 14.8 Å². The highest BCUT2D eigenvalue weighted by Crippen LogP contribution is 2.53. The predicted molar refractivity (Wildman–Crippen MR) is 174 cm³/mol. The van der Waals surface area contributed by atoms with Gasteiger partial charge in [-0.3, -0.25) is 0 Å². The third-order valence-corrected chi connectivity index (χ3v) is 7.16. The summed E-state index contributed by atoms with van der Waals surface area (Å²) >= 11 is 0. The molecule has 4 aromatic rings. The van der Waals surface area contributed by atoms with Gasteiger partial charge in [-0.1, -0.05) is 60.7 Å². The van der Waals surface area contributed by atoms with Gasteiger partial charge in [-0.25, -0.2) is 14.4 Å². The standard InChI is InChI=1S/C36H35NO12/c1-36(2,3)49-35(44)37-22-18-47-33(42)23-14-25(38)31(45-16-20-10-6-4-7-11-20)29(40)27(23)28-24(34(43)48-19-22)15-26(39)32(30(28)41)46-17-21-12-8-5-9-13-21/h4-15,22,38-41H,16-19H2,1-3H3,(H,37,44). The van der Waals surface area contributed by atoms with Crippen LogP contribution in [0.15, 0.2) is 72.8 Å². The molecule has 0 radical (unpaired) electrons. The molecule has 1 aliphatic rings. The molecule has 5 rings (SSSR count). The van der Waals surface area contributed by atoms with Gasteiger partial charge in [-0.2, -0.15) is 0 Å². The van der Waals surface area contributed by atoms with Gasteiger partial charge in [0.25, 0.3) is 0 Å². The number of hydrogen-bond acceptors (Lipinski definition) is 12. The zero-order valence-electron chi connectivity index (χ0n) is 26.9. The first-order valence-corrected chi connectivity index (χ1v) is 15.2. The number of carbonyl (C=O) groups excluding carboxylic acids is 3. The van der Waals surface area contributed by atoms with E-state index < -0.39 is 99.6 Å². The molecule has 49 heavy (non-hydrogen) atoms. The molecule has 0 aliphatic carbocycles. The van der Waals surface area contributed by atoms with Crippen LogP contribution in [-0.4, -0.2) is 63.3 Å². The fourth-order valence-corrected chi connectivity index (χ4v) is 4.96. The van der Waals surface area contributed by atoms with Crippen molar-refractivity contribution >= 4 is 18.0 Å². The van der Waals surface area contributed by atoms with E-state index in [0.29, 0.717) is 11.1 Å². The Balaban J connectivity index is 1.64. The van der Waals surface area contributed by atoms with Gasteiger partial charge in [0.2, 0.25) is 11.5 Å². The number of hydrogen-bond donors (Lipinski definition) is 5. The predicted octanol–water partition coefficient (Wildman–Crippen LogP) is 5.55. The molecule has 1 aliphatic heterocycles. The third-order valence-electron chi connectivity index (χ3n) is 7.16. The van der Waals surface area contributed by atoms with E-state index in [1.54, 1.807) is 81.4 Å². The monoisotopic (exact) mass is 673 g/mol. The van der Waals surface area contributed by atoms with Gasteiger partial charge in [-0.15, -0.1) is 0 Å². The Morgan fingerprint density at radius 1 is 0.735 bits per heavy atom. The van der Waals surface area contributed by atoms with Crippen LogP contribution in [0, 0.1) is 0 Å². The molecule has 256 valence electrons. The second kappa shape index (κ2) is 14.3. The molecule has 0 unspecified atom stereocenters. The number of alkyl carbamates (subject to hydrolysis) is 1. The SMILES string of the molecule is CC(C)(C)OC(=O)NC1COC(=O)c2cc(O)c(OCc3ccccc3)c(O)c2-c2c(cc(O)c(OCc3ccccc3)c2O)C(=O)OC1. The summed E-state index contributed by atoms with van der Waals surface area (Å²) < 4.78 is 27.7. The van der Waals surface area contributed by atoms with Crippen LogP contribution in [0.3, 0.4) is 0 Å². The van der Waals surface area contributed by atoms with Crippen molar-refractivity contribution in [3.63, 3.8) is 0 Å². The molecule has 13 heteroatoms. The molecule has 13 nitrogen and oxygen atoms in total. The van der Waals surface area contributed by atoms with E-state index in [9.17, 15) is 34.8 Å². The van der Waals surface area contributed by atoms with Crippen LogP contribution in [0.5, 0.6) is 34.5 Å². The van der Waals surface area contributed by atoms with Crippen LogP contribution in [-0.2, 0) is 27.4 Å². The molecule has 0 spiro atoms. The zero-order valence-corrected chi connectivity index (χ0v) is 26.9. The maximum atomic E-state index is 13.6. The molecular formula is C36H35NO12. The minimum atomic E-state index is -1.12. The largest absolute Gasteiger partial charge is 0.504 e. The Morgan fingerprint density at radius 3 is 1.53 bits per heavy atom. The van der Waals surface area contributed by atoms with Crippen LogP contribution >= 0.6 is 0 Å². The van der Waals surface area contributed by atoms with Crippen molar-refractivity contribution in [1.82, 2.24) is 5.32 Å². The Bertz CT molecular complexity index is 1730. The van der Waals surface area contributed by atoms with Gasteiger partial charge in [0.1, 0.15) is 38.1 Å². The first-order valence-electron chi connectivity index (χ1n) is 15.2. The summed E-state index contributed by atoms with van der Waals surface area (Å²) in [7, 11) is 0. The summed E-state index contributed by atoms with van der Waals surface area (Å²) in [6.07, 6.45) is -0.883. The maximum Gasteiger partial charge on any atom is 0.408 e. The summed E-state index contributed by atoms with van der Waals surface area (Å²) in [4.78, 5) is 39.8. The molecule has 1 amide bonds. The van der Waals surface area contributed by atoms with Crippen molar-refractivity contribution in [2.75, 3.05) is 13.2 Å². The Labute approximate surface area is 281 Å². The number of phenols is 4. The smallest absolute Gasteiger partial charge is 0.408 e. The molecule has 4 aromatic carbocycles. The molecule has 0 fully saturated rings. The Hall–Kier alpha value is -6.11. The first kappa shape index (κ1) is 34.2. The lowest BCUT2D eigenvalue weighted by Crippen LogP contribution is -2.44. The molecule has 0 bridgehead atoms.